The molecule has 0 unspecified atom stereocenters. The number of carbonyl (C=O) groups is 1. The second-order valence-electron chi connectivity index (χ2n) is 8.35. The number of fused-ring (bicyclic) bond motifs is 1. The van der Waals surface area contributed by atoms with Gasteiger partial charge in [0, 0.05) is 42.5 Å². The van der Waals surface area contributed by atoms with E-state index in [0.717, 1.165) is 6.07 Å². The number of halogens is 3. The van der Waals surface area contributed by atoms with Gasteiger partial charge < -0.3 is 25.1 Å². The number of nitrogens with two attached hydrogens (primary N) is 1. The number of carbonyl (C=O) groups excluding carboxylic acids is 1. The number of aromatic nitrogens is 4. The number of alkyl halides is 3. The first-order chi connectivity index (χ1) is 17.8. The van der Waals surface area contributed by atoms with E-state index < -0.39 is 11.9 Å². The molecule has 1 atom stereocenters. The van der Waals surface area contributed by atoms with Crippen LogP contribution in [0.4, 0.5) is 19.1 Å². The Morgan fingerprint density at radius 1 is 1.22 bits per heavy atom. The second-order valence-corrected chi connectivity index (χ2v) is 8.35. The number of likely N-dealkylation sites (tertiary alicyclic amines) is 1. The molecule has 0 bridgehead atoms. The van der Waals surface area contributed by atoms with Crippen LogP contribution < -0.4 is 15.8 Å². The molecule has 13 heteroatoms. The summed E-state index contributed by atoms with van der Waals surface area (Å²) in [6, 6.07) is 6.88. The lowest BCUT2D eigenvalue weighted by molar-refractivity contribution is -0.140. The van der Waals surface area contributed by atoms with Crippen molar-refractivity contribution in [1.29, 1.82) is 0 Å². The number of hydrogen-bond donors (Lipinski definition) is 2. The summed E-state index contributed by atoms with van der Waals surface area (Å²) >= 11 is 0. The number of hydrogen-bond acceptors (Lipinski definition) is 9. The maximum atomic E-state index is 13.3. The summed E-state index contributed by atoms with van der Waals surface area (Å²) in [6.07, 6.45) is -0.692. The van der Waals surface area contributed by atoms with Crippen LogP contribution in [0.5, 0.6) is 5.75 Å². The molecule has 37 heavy (non-hydrogen) atoms. The van der Waals surface area contributed by atoms with Crippen LogP contribution in [0.15, 0.2) is 47.1 Å². The Morgan fingerprint density at radius 2 is 2.00 bits per heavy atom. The van der Waals surface area contributed by atoms with Gasteiger partial charge in [-0.1, -0.05) is 0 Å². The molecule has 192 valence electrons. The van der Waals surface area contributed by atoms with Crippen molar-refractivity contribution in [3.63, 3.8) is 0 Å². The topological polar surface area (TPSA) is 132 Å². The predicted octanol–water partition coefficient (Wildman–Crippen LogP) is 3.49. The molecule has 1 aromatic carbocycles. The number of oxazole rings is 1. The Kier molecular flexibility index (Phi) is 6.38. The molecule has 0 spiro atoms. The van der Waals surface area contributed by atoms with Gasteiger partial charge in [0.1, 0.15) is 17.0 Å². The minimum atomic E-state index is -4.63. The third-order valence-corrected chi connectivity index (χ3v) is 6.02. The van der Waals surface area contributed by atoms with Crippen molar-refractivity contribution in [1.82, 2.24) is 24.8 Å². The van der Waals surface area contributed by atoms with E-state index >= 15 is 0 Å². The Labute approximate surface area is 208 Å². The van der Waals surface area contributed by atoms with Gasteiger partial charge in [0.2, 0.25) is 11.8 Å². The second kappa shape index (κ2) is 9.65. The van der Waals surface area contributed by atoms with E-state index in [1.54, 1.807) is 29.4 Å². The molecule has 1 aliphatic rings. The summed E-state index contributed by atoms with van der Waals surface area (Å²) in [6.45, 7) is 0.788. The number of nitrogens with zero attached hydrogens (tertiary/aromatic N) is 5. The van der Waals surface area contributed by atoms with E-state index in [1.165, 1.54) is 19.2 Å². The third kappa shape index (κ3) is 4.77. The Bertz CT molecular complexity index is 1440. The quantitative estimate of drug-likeness (QED) is 0.398. The molecule has 10 nitrogen and oxygen atoms in total. The standard InChI is InChI=1S/C24H22F3N7O3/c1-36-16-5-3-15(14-4-6-18(24(25,26)27)32-19(14)16)21-33-20(17(11-28)37-21)22(35)34-10-7-13(12-34)31-23-29-8-2-9-30-23/h2-6,8-9,13H,7,10-12,28H2,1H3,(H,29,30,31)/t13-/m1/s1. The highest BCUT2D eigenvalue weighted by atomic mass is 19.4. The maximum Gasteiger partial charge on any atom is 0.433 e. The summed E-state index contributed by atoms with van der Waals surface area (Å²) in [4.78, 5) is 31.4. The Balaban J connectivity index is 1.45. The van der Waals surface area contributed by atoms with Crippen LogP contribution in [0.1, 0.15) is 28.4 Å². The van der Waals surface area contributed by atoms with Crippen LogP contribution >= 0.6 is 0 Å². The average molecular weight is 513 g/mol. The summed E-state index contributed by atoms with van der Waals surface area (Å²) in [7, 11) is 1.34. The van der Waals surface area contributed by atoms with Crippen molar-refractivity contribution < 1.29 is 27.1 Å². The molecule has 3 aromatic heterocycles. The van der Waals surface area contributed by atoms with Gasteiger partial charge >= 0.3 is 6.18 Å². The van der Waals surface area contributed by atoms with Crippen LogP contribution in [0, 0.1) is 0 Å². The van der Waals surface area contributed by atoms with Gasteiger partial charge in [0.15, 0.2) is 11.5 Å². The van der Waals surface area contributed by atoms with E-state index in [-0.39, 0.29) is 47.1 Å². The van der Waals surface area contributed by atoms with Crippen LogP contribution in [-0.4, -0.2) is 57.0 Å². The third-order valence-electron chi connectivity index (χ3n) is 6.02. The molecule has 5 rings (SSSR count). The summed E-state index contributed by atoms with van der Waals surface area (Å²) in [5.74, 6) is 0.492. The summed E-state index contributed by atoms with van der Waals surface area (Å²) in [5, 5.41) is 3.52. The molecule has 4 heterocycles. The van der Waals surface area contributed by atoms with E-state index in [2.05, 4.69) is 25.3 Å². The summed E-state index contributed by atoms with van der Waals surface area (Å²) < 4.78 is 50.8. The molecular weight excluding hydrogens is 491 g/mol. The first kappa shape index (κ1) is 24.4. The predicted molar refractivity (Wildman–Crippen MR) is 127 cm³/mol. The molecule has 4 aromatic rings. The zero-order valence-corrected chi connectivity index (χ0v) is 19.6. The first-order valence-electron chi connectivity index (χ1n) is 11.4. The van der Waals surface area contributed by atoms with Crippen molar-refractivity contribution in [2.45, 2.75) is 25.2 Å². The fourth-order valence-corrected chi connectivity index (χ4v) is 4.24. The van der Waals surface area contributed by atoms with Crippen molar-refractivity contribution in [2.24, 2.45) is 5.73 Å². The van der Waals surface area contributed by atoms with Gasteiger partial charge in [-0.2, -0.15) is 13.2 Å². The number of anilines is 1. The monoisotopic (exact) mass is 513 g/mol. The van der Waals surface area contributed by atoms with Gasteiger partial charge in [-0.15, -0.1) is 0 Å². The SMILES string of the molecule is COc1ccc(-c2nc(C(=O)N3CC[C@@H](Nc4ncccn4)C3)c(CN)o2)c2ccc(C(F)(F)F)nc12. The molecule has 0 saturated carbocycles. The largest absolute Gasteiger partial charge is 0.494 e. The zero-order chi connectivity index (χ0) is 26.2. The van der Waals surface area contributed by atoms with Crippen molar-refractivity contribution in [2.75, 3.05) is 25.5 Å². The Morgan fingerprint density at radius 3 is 2.70 bits per heavy atom. The number of benzene rings is 1. The van der Waals surface area contributed by atoms with E-state index in [1.807, 2.05) is 0 Å². The maximum absolute atomic E-state index is 13.3. The van der Waals surface area contributed by atoms with Crippen LogP contribution in [0.3, 0.4) is 0 Å². The minimum Gasteiger partial charge on any atom is -0.494 e. The van der Waals surface area contributed by atoms with Crippen molar-refractivity contribution >= 4 is 22.8 Å². The smallest absolute Gasteiger partial charge is 0.433 e. The lowest BCUT2D eigenvalue weighted by atomic mass is 10.1. The summed E-state index contributed by atoms with van der Waals surface area (Å²) in [5.41, 5.74) is 5.19. The number of ether oxygens (including phenoxy) is 1. The van der Waals surface area contributed by atoms with Crippen LogP contribution in [0.25, 0.3) is 22.4 Å². The van der Waals surface area contributed by atoms with Gasteiger partial charge in [-0.05, 0) is 36.8 Å². The molecule has 3 N–H and O–H groups in total. The molecule has 1 fully saturated rings. The number of methoxy groups -OCH3 is 1. The highest BCUT2D eigenvalue weighted by molar-refractivity contribution is 5.98. The van der Waals surface area contributed by atoms with Gasteiger partial charge in [0.05, 0.1) is 13.7 Å². The first-order valence-corrected chi connectivity index (χ1v) is 11.4. The fourth-order valence-electron chi connectivity index (χ4n) is 4.24. The van der Waals surface area contributed by atoms with E-state index in [4.69, 9.17) is 14.9 Å². The van der Waals surface area contributed by atoms with Crippen LogP contribution in [0.2, 0.25) is 0 Å². The zero-order valence-electron chi connectivity index (χ0n) is 19.6. The molecule has 0 aliphatic carbocycles. The lowest BCUT2D eigenvalue weighted by Gasteiger charge is -2.16. The number of pyridine rings is 1. The lowest BCUT2D eigenvalue weighted by Crippen LogP contribution is -2.32. The fraction of sp³-hybridized carbons (Fsp3) is 0.292. The number of nitrogens with one attached hydrogen (secondary N) is 1. The molecule has 0 radical (unpaired) electrons. The molecular formula is C24H22F3N7O3. The average Bonchev–Trinajstić information content (AvgIpc) is 3.54. The van der Waals surface area contributed by atoms with Gasteiger partial charge in [0.25, 0.3) is 5.91 Å². The number of rotatable bonds is 6. The molecule has 1 saturated heterocycles. The highest BCUT2D eigenvalue weighted by Gasteiger charge is 2.34. The minimum absolute atomic E-state index is 0.00760. The Hall–Kier alpha value is -4.26. The van der Waals surface area contributed by atoms with Crippen molar-refractivity contribution in [3.05, 3.63) is 59.9 Å². The highest BCUT2D eigenvalue weighted by Crippen LogP contribution is 2.37. The van der Waals surface area contributed by atoms with E-state index in [9.17, 15) is 18.0 Å². The normalized spacial score (nSPS) is 15.8. The van der Waals surface area contributed by atoms with Gasteiger partial charge in [-0.3, -0.25) is 4.79 Å². The molecule has 1 amide bonds. The molecule has 1 aliphatic heterocycles. The van der Waals surface area contributed by atoms with Crippen molar-refractivity contribution in [3.8, 4) is 17.2 Å². The van der Waals surface area contributed by atoms with Gasteiger partial charge in [-0.25, -0.2) is 19.9 Å². The van der Waals surface area contributed by atoms with E-state index in [0.29, 0.717) is 36.4 Å². The van der Waals surface area contributed by atoms with Crippen LogP contribution in [-0.2, 0) is 12.7 Å². The number of amides is 1.